The van der Waals surface area contributed by atoms with Gasteiger partial charge < -0.3 is 5.32 Å². The van der Waals surface area contributed by atoms with Gasteiger partial charge in [0.05, 0.1) is 5.02 Å². The maximum absolute atomic E-state index is 13.4. The average Bonchev–Trinajstić information content (AvgIpc) is 2.25. The highest BCUT2D eigenvalue weighted by molar-refractivity contribution is 6.30. The molecule has 2 heterocycles. The Morgan fingerprint density at radius 1 is 1.53 bits per heavy atom. The van der Waals surface area contributed by atoms with Crippen molar-refractivity contribution in [3.8, 4) is 0 Å². The average molecular weight is 258 g/mol. The van der Waals surface area contributed by atoms with Crippen molar-refractivity contribution in [3.63, 3.8) is 0 Å². The minimum absolute atomic E-state index is 0.0519. The van der Waals surface area contributed by atoms with Crippen LogP contribution in [0.1, 0.15) is 12.8 Å². The molecule has 1 aliphatic heterocycles. The molecule has 1 aliphatic rings. The van der Waals surface area contributed by atoms with Crippen molar-refractivity contribution < 1.29 is 14.0 Å². The topological polar surface area (TPSA) is 71.1 Å². The van der Waals surface area contributed by atoms with E-state index in [1.54, 1.807) is 0 Å². The first-order chi connectivity index (χ1) is 8.06. The molecule has 0 bridgehead atoms. The zero-order chi connectivity index (χ0) is 12.4. The number of rotatable bonds is 2. The number of aromatic nitrogens is 1. The fourth-order valence-electron chi connectivity index (χ4n) is 1.52. The fraction of sp³-hybridized carbons (Fsp3) is 0.300. The molecule has 90 valence electrons. The lowest BCUT2D eigenvalue weighted by molar-refractivity contribution is -0.133. The van der Waals surface area contributed by atoms with Crippen molar-refractivity contribution >= 4 is 29.2 Å². The van der Waals surface area contributed by atoms with E-state index in [-0.39, 0.29) is 23.2 Å². The lowest BCUT2D eigenvalue weighted by Gasteiger charge is -2.22. The molecular weight excluding hydrogens is 249 g/mol. The number of nitrogens with zero attached hydrogens (tertiary/aromatic N) is 1. The minimum atomic E-state index is -0.657. The van der Waals surface area contributed by atoms with E-state index in [1.807, 2.05) is 0 Å². The lowest BCUT2D eigenvalue weighted by Crippen LogP contribution is -2.47. The predicted molar refractivity (Wildman–Crippen MR) is 59.0 cm³/mol. The quantitative estimate of drug-likeness (QED) is 0.778. The molecule has 0 saturated carbocycles. The molecule has 0 aromatic carbocycles. The molecule has 1 saturated heterocycles. The van der Waals surface area contributed by atoms with Gasteiger partial charge in [-0.15, -0.1) is 0 Å². The van der Waals surface area contributed by atoms with Crippen molar-refractivity contribution in [2.24, 2.45) is 0 Å². The number of halogens is 2. The molecule has 0 radical (unpaired) electrons. The Morgan fingerprint density at radius 2 is 2.29 bits per heavy atom. The van der Waals surface area contributed by atoms with Gasteiger partial charge in [0.15, 0.2) is 11.6 Å². The molecule has 1 atom stereocenters. The van der Waals surface area contributed by atoms with E-state index in [2.05, 4.69) is 15.6 Å². The molecule has 1 aromatic heterocycles. The summed E-state index contributed by atoms with van der Waals surface area (Å²) in [6.45, 7) is 0. The second-order valence-corrected chi connectivity index (χ2v) is 4.07. The van der Waals surface area contributed by atoms with Crippen LogP contribution in [0.15, 0.2) is 12.3 Å². The number of carbonyl (C=O) groups is 2. The third kappa shape index (κ3) is 2.71. The number of pyridine rings is 1. The molecule has 1 aromatic rings. The SMILES string of the molecule is O=C1CCC(Nc2ncc(Cl)cc2F)C(=O)N1. The molecular formula is C10H9ClFN3O2. The summed E-state index contributed by atoms with van der Waals surface area (Å²) < 4.78 is 13.4. The maximum atomic E-state index is 13.4. The van der Waals surface area contributed by atoms with Gasteiger partial charge in [-0.3, -0.25) is 14.9 Å². The Labute approximate surface area is 101 Å². The van der Waals surface area contributed by atoms with E-state index < -0.39 is 17.8 Å². The largest absolute Gasteiger partial charge is 0.356 e. The lowest BCUT2D eigenvalue weighted by atomic mass is 10.1. The number of amides is 2. The minimum Gasteiger partial charge on any atom is -0.356 e. The molecule has 5 nitrogen and oxygen atoms in total. The van der Waals surface area contributed by atoms with Crippen LogP contribution in [0.5, 0.6) is 0 Å². The standard InChI is InChI=1S/C10H9ClFN3O2/c11-5-3-6(12)9(13-4-5)14-7-1-2-8(16)15-10(7)17/h3-4,7H,1-2H2,(H,13,14)(H,15,16,17). The van der Waals surface area contributed by atoms with Crippen LogP contribution in [0.2, 0.25) is 5.02 Å². The number of nitrogens with one attached hydrogen (secondary N) is 2. The van der Waals surface area contributed by atoms with Gasteiger partial charge in [0.1, 0.15) is 6.04 Å². The molecule has 1 unspecified atom stereocenters. The number of imide groups is 1. The van der Waals surface area contributed by atoms with E-state index in [9.17, 15) is 14.0 Å². The summed E-state index contributed by atoms with van der Waals surface area (Å²) in [5, 5.41) is 4.98. The van der Waals surface area contributed by atoms with Gasteiger partial charge in [-0.2, -0.15) is 0 Å². The Hall–Kier alpha value is -1.69. The van der Waals surface area contributed by atoms with Gasteiger partial charge in [0.25, 0.3) is 0 Å². The molecule has 17 heavy (non-hydrogen) atoms. The van der Waals surface area contributed by atoms with Crippen molar-refractivity contribution in [1.82, 2.24) is 10.3 Å². The van der Waals surface area contributed by atoms with Gasteiger partial charge in [0.2, 0.25) is 11.8 Å². The molecule has 0 aliphatic carbocycles. The van der Waals surface area contributed by atoms with Crippen LogP contribution in [0.4, 0.5) is 10.2 Å². The number of anilines is 1. The first-order valence-corrected chi connectivity index (χ1v) is 5.35. The predicted octanol–water partition coefficient (Wildman–Crippen LogP) is 1.09. The molecule has 1 fully saturated rings. The van der Waals surface area contributed by atoms with Crippen molar-refractivity contribution in [3.05, 3.63) is 23.1 Å². The monoisotopic (exact) mass is 257 g/mol. The first kappa shape index (κ1) is 11.8. The second-order valence-electron chi connectivity index (χ2n) is 3.63. The summed E-state index contributed by atoms with van der Waals surface area (Å²) in [5.74, 6) is -1.49. The molecule has 2 amide bonds. The molecule has 0 spiro atoms. The third-order valence-electron chi connectivity index (χ3n) is 2.36. The summed E-state index contributed by atoms with van der Waals surface area (Å²) in [6, 6.07) is 0.443. The number of carbonyl (C=O) groups excluding carboxylic acids is 2. The van der Waals surface area contributed by atoms with Crippen LogP contribution in [-0.2, 0) is 9.59 Å². The Morgan fingerprint density at radius 3 is 2.94 bits per heavy atom. The maximum Gasteiger partial charge on any atom is 0.249 e. The molecule has 2 rings (SSSR count). The third-order valence-corrected chi connectivity index (χ3v) is 2.56. The van der Waals surface area contributed by atoms with Crippen molar-refractivity contribution in [2.45, 2.75) is 18.9 Å². The summed E-state index contributed by atoms with van der Waals surface area (Å²) in [6.07, 6.45) is 1.81. The van der Waals surface area contributed by atoms with Gasteiger partial charge >= 0.3 is 0 Å². The Balaban J connectivity index is 2.10. The van der Waals surface area contributed by atoms with E-state index in [4.69, 9.17) is 11.6 Å². The van der Waals surface area contributed by atoms with E-state index in [0.29, 0.717) is 6.42 Å². The van der Waals surface area contributed by atoms with Gasteiger partial charge in [-0.05, 0) is 12.5 Å². The van der Waals surface area contributed by atoms with Crippen LogP contribution >= 0.6 is 11.6 Å². The summed E-state index contributed by atoms with van der Waals surface area (Å²) in [4.78, 5) is 26.1. The van der Waals surface area contributed by atoms with Crippen molar-refractivity contribution in [1.29, 1.82) is 0 Å². The van der Waals surface area contributed by atoms with Gasteiger partial charge in [-0.25, -0.2) is 9.37 Å². The van der Waals surface area contributed by atoms with Crippen LogP contribution in [0.3, 0.4) is 0 Å². The van der Waals surface area contributed by atoms with Crippen LogP contribution in [0, 0.1) is 5.82 Å². The smallest absolute Gasteiger partial charge is 0.249 e. The summed E-state index contributed by atoms with van der Waals surface area (Å²) >= 11 is 5.55. The summed E-state index contributed by atoms with van der Waals surface area (Å²) in [7, 11) is 0. The summed E-state index contributed by atoms with van der Waals surface area (Å²) in [5.41, 5.74) is 0. The highest BCUT2D eigenvalue weighted by Gasteiger charge is 2.27. The Kier molecular flexibility index (Phi) is 3.23. The van der Waals surface area contributed by atoms with Crippen LogP contribution in [-0.4, -0.2) is 22.8 Å². The van der Waals surface area contributed by atoms with Gasteiger partial charge in [-0.1, -0.05) is 11.6 Å². The van der Waals surface area contributed by atoms with Crippen LogP contribution in [0.25, 0.3) is 0 Å². The fourth-order valence-corrected chi connectivity index (χ4v) is 1.66. The number of hydrogen-bond donors (Lipinski definition) is 2. The first-order valence-electron chi connectivity index (χ1n) is 4.97. The molecule has 7 heteroatoms. The van der Waals surface area contributed by atoms with Crippen molar-refractivity contribution in [2.75, 3.05) is 5.32 Å². The zero-order valence-electron chi connectivity index (χ0n) is 8.67. The van der Waals surface area contributed by atoms with E-state index in [0.717, 1.165) is 6.07 Å². The second kappa shape index (κ2) is 4.67. The number of hydrogen-bond acceptors (Lipinski definition) is 4. The highest BCUT2D eigenvalue weighted by Crippen LogP contribution is 2.18. The van der Waals surface area contributed by atoms with Crippen LogP contribution < -0.4 is 10.6 Å². The number of piperidine rings is 1. The molecule has 2 N–H and O–H groups in total. The zero-order valence-corrected chi connectivity index (χ0v) is 9.42. The van der Waals surface area contributed by atoms with E-state index >= 15 is 0 Å². The van der Waals surface area contributed by atoms with E-state index in [1.165, 1.54) is 6.20 Å². The highest BCUT2D eigenvalue weighted by atomic mass is 35.5. The Bertz CT molecular complexity index is 481. The van der Waals surface area contributed by atoms with Gasteiger partial charge in [0, 0.05) is 12.6 Å². The normalized spacial score (nSPS) is 20.0.